The third kappa shape index (κ3) is 3.25. The Morgan fingerprint density at radius 2 is 2.00 bits per heavy atom. The van der Waals surface area contributed by atoms with Gasteiger partial charge in [0.1, 0.15) is 5.52 Å². The van der Waals surface area contributed by atoms with Gasteiger partial charge in [0.05, 0.1) is 11.1 Å². The third-order valence-corrected chi connectivity index (χ3v) is 4.33. The van der Waals surface area contributed by atoms with Crippen LogP contribution in [0.5, 0.6) is 5.75 Å². The van der Waals surface area contributed by atoms with E-state index in [4.69, 9.17) is 4.74 Å². The highest BCUT2D eigenvalue weighted by atomic mass is 79.9. The smallest absolute Gasteiger partial charge is 0.159 e. The zero-order valence-electron chi connectivity index (χ0n) is 9.63. The molecule has 2 rings (SSSR count). The fraction of sp³-hybridized carbons (Fsp3) is 0.308. The molecule has 1 aromatic heterocycles. The number of unbranched alkanes of at least 4 members (excludes halogenated alkanes) is 1. The average Bonchev–Trinajstić information content (AvgIpc) is 2.38. The van der Waals surface area contributed by atoms with Crippen LogP contribution in [-0.2, 0) is 0 Å². The molecule has 5 heteroatoms. The second kappa shape index (κ2) is 6.87. The molecule has 0 N–H and O–H groups in total. The Hall–Kier alpha value is -0.130. The van der Waals surface area contributed by atoms with Crippen LogP contribution in [0.25, 0.3) is 10.9 Å². The van der Waals surface area contributed by atoms with Gasteiger partial charge in [-0.25, -0.2) is 0 Å². The molecule has 0 aliphatic carbocycles. The SMILES string of the molecule is BrCCCCOc1c(Br)cc(Br)c2cccnc12. The van der Waals surface area contributed by atoms with Gasteiger partial charge in [-0.2, -0.15) is 0 Å². The predicted molar refractivity (Wildman–Crippen MR) is 85.7 cm³/mol. The van der Waals surface area contributed by atoms with E-state index >= 15 is 0 Å². The van der Waals surface area contributed by atoms with Crippen molar-refractivity contribution in [3.05, 3.63) is 33.3 Å². The molecule has 0 aliphatic rings. The van der Waals surface area contributed by atoms with Crippen molar-refractivity contribution >= 4 is 58.7 Å². The molecule has 0 saturated heterocycles. The number of hydrogen-bond donors (Lipinski definition) is 0. The summed E-state index contributed by atoms with van der Waals surface area (Å²) in [5.41, 5.74) is 0.887. The normalized spacial score (nSPS) is 10.8. The van der Waals surface area contributed by atoms with Gasteiger partial charge in [-0.1, -0.05) is 37.9 Å². The number of hydrogen-bond acceptors (Lipinski definition) is 2. The number of aromatic nitrogens is 1. The maximum absolute atomic E-state index is 5.86. The molecule has 0 saturated carbocycles. The molecule has 0 fully saturated rings. The average molecular weight is 438 g/mol. The van der Waals surface area contributed by atoms with E-state index in [1.807, 2.05) is 18.2 Å². The number of ether oxygens (including phenoxy) is 1. The molecule has 2 nitrogen and oxygen atoms in total. The summed E-state index contributed by atoms with van der Waals surface area (Å²) in [6.07, 6.45) is 3.92. The van der Waals surface area contributed by atoms with E-state index in [2.05, 4.69) is 52.8 Å². The molecule has 96 valence electrons. The Morgan fingerprint density at radius 1 is 1.17 bits per heavy atom. The van der Waals surface area contributed by atoms with Gasteiger partial charge in [0, 0.05) is 21.4 Å². The van der Waals surface area contributed by atoms with Crippen LogP contribution in [-0.4, -0.2) is 16.9 Å². The number of nitrogens with zero attached hydrogens (tertiary/aromatic N) is 1. The first-order valence-electron chi connectivity index (χ1n) is 5.65. The fourth-order valence-corrected chi connectivity index (χ4v) is 3.44. The summed E-state index contributed by atoms with van der Waals surface area (Å²) in [7, 11) is 0. The van der Waals surface area contributed by atoms with Crippen molar-refractivity contribution in [2.24, 2.45) is 0 Å². The summed E-state index contributed by atoms with van der Waals surface area (Å²) < 4.78 is 7.80. The van der Waals surface area contributed by atoms with Gasteiger partial charge in [0.25, 0.3) is 0 Å². The van der Waals surface area contributed by atoms with Gasteiger partial charge in [-0.15, -0.1) is 0 Å². The van der Waals surface area contributed by atoms with Gasteiger partial charge < -0.3 is 4.74 Å². The van der Waals surface area contributed by atoms with Crippen LogP contribution in [0, 0.1) is 0 Å². The van der Waals surface area contributed by atoms with Crippen molar-refractivity contribution in [2.45, 2.75) is 12.8 Å². The lowest BCUT2D eigenvalue weighted by atomic mass is 10.2. The molecule has 0 bridgehead atoms. The van der Waals surface area contributed by atoms with E-state index in [0.29, 0.717) is 6.61 Å². The number of halogens is 3. The highest BCUT2D eigenvalue weighted by Crippen LogP contribution is 2.37. The largest absolute Gasteiger partial charge is 0.490 e. The van der Waals surface area contributed by atoms with Crippen molar-refractivity contribution in [1.29, 1.82) is 0 Å². The molecule has 1 heterocycles. The fourth-order valence-electron chi connectivity index (χ4n) is 1.65. The minimum atomic E-state index is 0.706. The molecule has 2 aromatic rings. The topological polar surface area (TPSA) is 22.1 Å². The number of alkyl halides is 1. The van der Waals surface area contributed by atoms with Gasteiger partial charge in [0.2, 0.25) is 0 Å². The highest BCUT2D eigenvalue weighted by molar-refractivity contribution is 9.11. The van der Waals surface area contributed by atoms with Gasteiger partial charge in [-0.3, -0.25) is 4.98 Å². The predicted octanol–water partition coefficient (Wildman–Crippen LogP) is 5.31. The molecule has 0 unspecified atom stereocenters. The van der Waals surface area contributed by atoms with E-state index in [9.17, 15) is 0 Å². The van der Waals surface area contributed by atoms with E-state index in [1.54, 1.807) is 6.20 Å². The summed E-state index contributed by atoms with van der Waals surface area (Å²) in [5, 5.41) is 2.08. The Labute approximate surface area is 132 Å². The van der Waals surface area contributed by atoms with Crippen molar-refractivity contribution in [3.8, 4) is 5.75 Å². The van der Waals surface area contributed by atoms with Crippen molar-refractivity contribution in [3.63, 3.8) is 0 Å². The van der Waals surface area contributed by atoms with Crippen LogP contribution < -0.4 is 4.74 Å². The zero-order valence-corrected chi connectivity index (χ0v) is 14.4. The van der Waals surface area contributed by atoms with E-state index in [1.165, 1.54) is 0 Å². The van der Waals surface area contributed by atoms with E-state index in [-0.39, 0.29) is 0 Å². The standard InChI is InChI=1S/C13H12Br3NO/c14-5-1-2-7-18-13-11(16)8-10(15)9-4-3-6-17-12(9)13/h3-4,6,8H,1-2,5,7H2. The van der Waals surface area contributed by atoms with Crippen molar-refractivity contribution < 1.29 is 4.74 Å². The first-order chi connectivity index (χ1) is 8.74. The van der Waals surface area contributed by atoms with Crippen LogP contribution >= 0.6 is 47.8 Å². The van der Waals surface area contributed by atoms with Crippen molar-refractivity contribution in [2.75, 3.05) is 11.9 Å². The van der Waals surface area contributed by atoms with Crippen molar-refractivity contribution in [1.82, 2.24) is 4.98 Å². The first kappa shape index (κ1) is 14.3. The second-order valence-corrected chi connectivity index (χ2v) is 6.32. The van der Waals surface area contributed by atoms with Crippen LogP contribution in [0.2, 0.25) is 0 Å². The maximum atomic E-state index is 5.86. The molecule has 18 heavy (non-hydrogen) atoms. The van der Waals surface area contributed by atoms with E-state index < -0.39 is 0 Å². The Bertz CT molecular complexity index is 545. The van der Waals surface area contributed by atoms with Crippen LogP contribution in [0.3, 0.4) is 0 Å². The van der Waals surface area contributed by atoms with Gasteiger partial charge in [-0.05, 0) is 40.9 Å². The zero-order chi connectivity index (χ0) is 13.0. The first-order valence-corrected chi connectivity index (χ1v) is 8.36. The molecular formula is C13H12Br3NO. The molecule has 0 radical (unpaired) electrons. The van der Waals surface area contributed by atoms with Gasteiger partial charge >= 0.3 is 0 Å². The van der Waals surface area contributed by atoms with Crippen LogP contribution in [0.15, 0.2) is 33.3 Å². The molecule has 1 aromatic carbocycles. The summed E-state index contributed by atoms with van der Waals surface area (Å²) >= 11 is 10.5. The summed E-state index contributed by atoms with van der Waals surface area (Å²) in [6.45, 7) is 0.706. The highest BCUT2D eigenvalue weighted by Gasteiger charge is 2.11. The Morgan fingerprint density at radius 3 is 2.78 bits per heavy atom. The van der Waals surface area contributed by atoms with Gasteiger partial charge in [0.15, 0.2) is 5.75 Å². The number of rotatable bonds is 5. The Balaban J connectivity index is 2.31. The van der Waals surface area contributed by atoms with Crippen LogP contribution in [0.1, 0.15) is 12.8 Å². The minimum Gasteiger partial charge on any atom is -0.490 e. The third-order valence-electron chi connectivity index (χ3n) is 2.52. The lowest BCUT2D eigenvalue weighted by Crippen LogP contribution is -2.00. The minimum absolute atomic E-state index is 0.706. The summed E-state index contributed by atoms with van der Waals surface area (Å²) in [6, 6.07) is 5.96. The summed E-state index contributed by atoms with van der Waals surface area (Å²) in [4.78, 5) is 4.41. The molecule has 0 atom stereocenters. The number of pyridine rings is 1. The Kier molecular flexibility index (Phi) is 5.45. The number of benzene rings is 1. The molecule has 0 aliphatic heterocycles. The molecular weight excluding hydrogens is 426 g/mol. The quantitative estimate of drug-likeness (QED) is 0.467. The summed E-state index contributed by atoms with van der Waals surface area (Å²) in [5.74, 6) is 0.823. The lowest BCUT2D eigenvalue weighted by molar-refractivity contribution is 0.311. The molecule has 0 spiro atoms. The second-order valence-electron chi connectivity index (χ2n) is 3.81. The monoisotopic (exact) mass is 435 g/mol. The number of fused-ring (bicyclic) bond motifs is 1. The molecule has 0 amide bonds. The maximum Gasteiger partial charge on any atom is 0.159 e. The van der Waals surface area contributed by atoms with Crippen LogP contribution in [0.4, 0.5) is 0 Å². The lowest BCUT2D eigenvalue weighted by Gasteiger charge is -2.11. The van der Waals surface area contributed by atoms with E-state index in [0.717, 1.165) is 43.8 Å².